The molecule has 1 N–H and O–H groups in total. The highest BCUT2D eigenvalue weighted by atomic mass is 127. The molecule has 0 radical (unpaired) electrons. The lowest BCUT2D eigenvalue weighted by Gasteiger charge is -2.34. The second-order valence-corrected chi connectivity index (χ2v) is 12.8. The van der Waals surface area contributed by atoms with E-state index in [9.17, 15) is 8.42 Å². The minimum atomic E-state index is -3.68. The van der Waals surface area contributed by atoms with Gasteiger partial charge in [0.2, 0.25) is 10.0 Å². The number of aryl methyl sites for hydroxylation is 1. The lowest BCUT2D eigenvalue weighted by atomic mass is 10.0. The average Bonchev–Trinajstić information content (AvgIpc) is 3.37. The van der Waals surface area contributed by atoms with Crippen LogP contribution in [0.5, 0.6) is 0 Å². The minimum absolute atomic E-state index is 0.0167. The molecule has 1 aromatic heterocycles. The van der Waals surface area contributed by atoms with Crippen molar-refractivity contribution in [2.75, 3.05) is 11.4 Å². The lowest BCUT2D eigenvalue weighted by Crippen LogP contribution is -2.43. The molecule has 0 saturated heterocycles. The Morgan fingerprint density at radius 1 is 1.00 bits per heavy atom. The van der Waals surface area contributed by atoms with Gasteiger partial charge in [0.1, 0.15) is 0 Å². The zero-order chi connectivity index (χ0) is 25.0. The number of aromatic nitrogens is 2. The summed E-state index contributed by atoms with van der Waals surface area (Å²) in [6.45, 7) is 1.37. The first-order valence-corrected chi connectivity index (χ1v) is 15.9. The Labute approximate surface area is 222 Å². The van der Waals surface area contributed by atoms with E-state index < -0.39 is 10.0 Å². The molecule has 6 nitrogen and oxygen atoms in total. The number of H-pyrrole nitrogens is 1. The van der Waals surface area contributed by atoms with E-state index in [4.69, 9.17) is 0 Å². The predicted octanol–water partition coefficient (Wildman–Crippen LogP) is 5.19. The van der Waals surface area contributed by atoms with E-state index in [1.165, 1.54) is 5.56 Å². The quantitative estimate of drug-likeness (QED) is 0.278. The number of rotatable bonds is 8. The molecule has 2 heterocycles. The van der Waals surface area contributed by atoms with Crippen molar-refractivity contribution in [1.82, 2.24) is 14.3 Å². The summed E-state index contributed by atoms with van der Waals surface area (Å²) in [5.74, 6) is 0. The fraction of sp³-hybridized carbons (Fsp3) is 0.214. The molecule has 0 aliphatic carbocycles. The number of aromatic amines is 1. The zero-order valence-corrected chi connectivity index (χ0v) is 22.9. The van der Waals surface area contributed by atoms with E-state index in [1.54, 1.807) is 22.8 Å². The van der Waals surface area contributed by atoms with Crippen molar-refractivity contribution in [3.05, 3.63) is 112 Å². The largest absolute Gasteiger partial charge is 0.361 e. The van der Waals surface area contributed by atoms with Crippen LogP contribution in [0.1, 0.15) is 23.2 Å². The number of nitrogens with one attached hydrogen (secondary N) is 1. The Kier molecular flexibility index (Phi) is 7.64. The van der Waals surface area contributed by atoms with E-state index in [0.29, 0.717) is 24.5 Å². The second kappa shape index (κ2) is 11.1. The highest BCUT2D eigenvalue weighted by molar-refractivity contribution is 14.2. The van der Waals surface area contributed by atoms with Gasteiger partial charge in [0.25, 0.3) is 0 Å². The van der Waals surface area contributed by atoms with Gasteiger partial charge in [0, 0.05) is 34.6 Å². The van der Waals surface area contributed by atoms with Crippen LogP contribution in [0.25, 0.3) is 0 Å². The number of imidazole rings is 1. The number of benzene rings is 3. The van der Waals surface area contributed by atoms with Gasteiger partial charge in [-0.2, -0.15) is 4.31 Å². The molecule has 0 fully saturated rings. The first kappa shape index (κ1) is 24.9. The van der Waals surface area contributed by atoms with Gasteiger partial charge in [-0.25, -0.2) is 13.4 Å². The van der Waals surface area contributed by atoms with E-state index in [-0.39, 0.29) is 26.8 Å². The van der Waals surface area contributed by atoms with E-state index >= 15 is 0 Å². The normalized spacial score (nSPS) is 16.4. The molecule has 186 valence electrons. The van der Waals surface area contributed by atoms with Crippen LogP contribution >= 0.6 is 20.7 Å². The summed E-state index contributed by atoms with van der Waals surface area (Å²) in [5.41, 5.74) is 4.32. The summed E-state index contributed by atoms with van der Waals surface area (Å²) in [6, 6.07) is 25.8. The number of para-hydroxylation sites is 1. The number of fused-ring (bicyclic) bond motifs is 1. The smallest absolute Gasteiger partial charge is 0.243 e. The third kappa shape index (κ3) is 5.45. The van der Waals surface area contributed by atoms with Gasteiger partial charge >= 0.3 is 0 Å². The molecule has 1 aliphatic heterocycles. The number of hydrogen-bond donors (Lipinski definition) is 1. The van der Waals surface area contributed by atoms with Gasteiger partial charge in [-0.15, -0.1) is 0 Å². The molecule has 8 heteroatoms. The Hall–Kier alpha value is -2.82. The van der Waals surface area contributed by atoms with Crippen LogP contribution < -0.4 is 4.90 Å². The van der Waals surface area contributed by atoms with E-state index in [1.807, 2.05) is 42.6 Å². The van der Waals surface area contributed by atoms with Crippen molar-refractivity contribution >= 4 is 41.0 Å². The Morgan fingerprint density at radius 2 is 1.75 bits per heavy atom. The van der Waals surface area contributed by atoms with Gasteiger partial charge < -0.3 is 9.88 Å². The maximum atomic E-state index is 13.9. The molecule has 5 rings (SSSR count). The van der Waals surface area contributed by atoms with Gasteiger partial charge in [0.05, 0.1) is 23.5 Å². The van der Waals surface area contributed by atoms with Crippen molar-refractivity contribution in [1.29, 1.82) is 0 Å². The molecular weight excluding hydrogens is 583 g/mol. The van der Waals surface area contributed by atoms with Crippen LogP contribution in [0.3, 0.4) is 0 Å². The average molecular weight is 613 g/mol. The molecule has 36 heavy (non-hydrogen) atoms. The molecule has 1 aliphatic rings. The van der Waals surface area contributed by atoms with Crippen LogP contribution in [-0.2, 0) is 29.5 Å². The molecule has 0 saturated carbocycles. The molecule has 0 bridgehead atoms. The number of sulfonamides is 1. The molecule has 1 atom stereocenters. The summed E-state index contributed by atoms with van der Waals surface area (Å²) in [4.78, 5) is 10.1. The van der Waals surface area contributed by atoms with Crippen molar-refractivity contribution < 1.29 is 8.42 Å². The highest BCUT2D eigenvalue weighted by Gasteiger charge is 2.34. The van der Waals surface area contributed by atoms with Crippen molar-refractivity contribution in [2.24, 2.45) is 0 Å². The fourth-order valence-corrected chi connectivity index (χ4v) is 7.06. The molecule has 0 amide bonds. The van der Waals surface area contributed by atoms with Gasteiger partial charge in [-0.1, -0.05) is 73.8 Å². The monoisotopic (exact) mass is 612 g/mol. The van der Waals surface area contributed by atoms with Crippen LogP contribution in [0.4, 0.5) is 5.69 Å². The minimum Gasteiger partial charge on any atom is -0.361 e. The standard InChI is InChI=1S/C28H29IN4O2S/c1-29-24-12-15-27(16-13-24)36(34,35)32-18-23-9-5-6-10-28(23)33(19-25-17-30-21-31-25)26(20-32)14-11-22-7-3-2-4-8-22/h2-10,12-13,15-17,21,26H,1,11,14,18-20H2,(H,30,31). The maximum Gasteiger partial charge on any atom is 0.243 e. The van der Waals surface area contributed by atoms with Crippen LogP contribution in [0, 0.1) is 3.57 Å². The number of hydrogen-bond acceptors (Lipinski definition) is 4. The first-order valence-electron chi connectivity index (χ1n) is 11.9. The summed E-state index contributed by atoms with van der Waals surface area (Å²) < 4.78 is 34.5. The Balaban J connectivity index is 1.53. The fourth-order valence-electron chi connectivity index (χ4n) is 4.73. The third-order valence-electron chi connectivity index (χ3n) is 6.61. The van der Waals surface area contributed by atoms with Crippen LogP contribution in [-0.4, -0.2) is 39.8 Å². The number of nitrogens with zero attached hydrogens (tertiary/aromatic N) is 3. The summed E-state index contributed by atoms with van der Waals surface area (Å²) in [5, 5.41) is 0. The Bertz CT molecular complexity index is 1410. The highest BCUT2D eigenvalue weighted by Crippen LogP contribution is 2.33. The predicted molar refractivity (Wildman–Crippen MR) is 154 cm³/mol. The second-order valence-electron chi connectivity index (χ2n) is 8.90. The topological polar surface area (TPSA) is 69.3 Å². The first-order chi connectivity index (χ1) is 17.5. The lowest BCUT2D eigenvalue weighted by molar-refractivity contribution is 0.370. The zero-order valence-electron chi connectivity index (χ0n) is 19.9. The van der Waals surface area contributed by atoms with Crippen LogP contribution in [0.15, 0.2) is 96.3 Å². The molecule has 0 spiro atoms. The van der Waals surface area contributed by atoms with Crippen molar-refractivity contribution in [2.45, 2.75) is 36.9 Å². The molecule has 3 aromatic carbocycles. The van der Waals surface area contributed by atoms with Gasteiger partial charge in [0.15, 0.2) is 0 Å². The third-order valence-corrected chi connectivity index (χ3v) is 10.0. The van der Waals surface area contributed by atoms with E-state index in [0.717, 1.165) is 33.4 Å². The molecule has 4 aromatic rings. The summed E-state index contributed by atoms with van der Waals surface area (Å²) >= 11 is -0.330. The van der Waals surface area contributed by atoms with E-state index in [2.05, 4.69) is 49.7 Å². The number of halogens is 1. The molecule has 1 unspecified atom stereocenters. The summed E-state index contributed by atoms with van der Waals surface area (Å²) in [7, 11) is -3.68. The van der Waals surface area contributed by atoms with Crippen molar-refractivity contribution in [3.8, 4) is 0 Å². The summed E-state index contributed by atoms with van der Waals surface area (Å²) in [6.07, 6.45) is 5.21. The van der Waals surface area contributed by atoms with Gasteiger partial charge in [-0.05, 0) is 54.3 Å². The van der Waals surface area contributed by atoms with Gasteiger partial charge in [-0.3, -0.25) is 0 Å². The molecular formula is C28H29IN4O2S. The number of anilines is 1. The Morgan fingerprint density at radius 3 is 2.47 bits per heavy atom. The maximum absolute atomic E-state index is 13.9. The van der Waals surface area contributed by atoms with Crippen molar-refractivity contribution in [3.63, 3.8) is 0 Å². The van der Waals surface area contributed by atoms with Crippen LogP contribution in [0.2, 0.25) is 0 Å². The SMILES string of the molecule is C=Ic1ccc(S(=O)(=O)N2Cc3ccccc3N(Cc3cnc[nH]3)C(CCc3ccccc3)C2)cc1.